The van der Waals surface area contributed by atoms with Crippen LogP contribution in [-0.2, 0) is 0 Å². The Balaban J connectivity index is 1.71. The van der Waals surface area contributed by atoms with E-state index in [1.54, 1.807) is 5.01 Å². The first-order valence-corrected chi connectivity index (χ1v) is 8.12. The normalized spacial score (nSPS) is 10.8. The molecule has 0 amide bonds. The van der Waals surface area contributed by atoms with Crippen molar-refractivity contribution in [3.63, 3.8) is 0 Å². The third kappa shape index (κ3) is 4.65. The van der Waals surface area contributed by atoms with E-state index in [1.807, 2.05) is 72.8 Å². The zero-order valence-corrected chi connectivity index (χ0v) is 13.8. The van der Waals surface area contributed by atoms with Crippen molar-refractivity contribution in [2.75, 3.05) is 18.2 Å². The third-order valence-electron chi connectivity index (χ3n) is 3.70. The summed E-state index contributed by atoms with van der Waals surface area (Å²) in [6, 6.07) is 27.7. The number of aliphatic hydroxyl groups excluding tert-OH is 1. The molecule has 0 aromatic heterocycles. The van der Waals surface area contributed by atoms with Gasteiger partial charge < -0.3 is 5.11 Å². The summed E-state index contributed by atoms with van der Waals surface area (Å²) < 4.78 is 0. The Morgan fingerprint density at radius 2 is 1.36 bits per heavy atom. The Morgan fingerprint density at radius 1 is 0.760 bits per heavy atom. The van der Waals surface area contributed by atoms with Crippen molar-refractivity contribution in [2.24, 2.45) is 10.3 Å². The molecule has 5 nitrogen and oxygen atoms in total. The molecular weight excluding hydrogens is 312 g/mol. The Labute approximate surface area is 147 Å². The first-order chi connectivity index (χ1) is 12.4. The lowest BCUT2D eigenvalue weighted by Gasteiger charge is -2.22. The average Bonchev–Trinajstić information content (AvgIpc) is 2.69. The molecule has 0 spiro atoms. The van der Waals surface area contributed by atoms with Crippen molar-refractivity contribution in [1.29, 1.82) is 0 Å². The number of benzene rings is 3. The fraction of sp³-hybridized carbons (Fsp3) is 0.100. The van der Waals surface area contributed by atoms with Gasteiger partial charge in [0.15, 0.2) is 0 Å². The molecular formula is C20H20N4O. The molecule has 0 saturated heterocycles. The van der Waals surface area contributed by atoms with Gasteiger partial charge in [0.05, 0.1) is 24.5 Å². The number of nitrogens with one attached hydrogen (secondary N) is 1. The maximum absolute atomic E-state index is 9.29. The molecule has 0 aliphatic carbocycles. The van der Waals surface area contributed by atoms with Gasteiger partial charge in [-0.3, -0.25) is 5.01 Å². The summed E-state index contributed by atoms with van der Waals surface area (Å²) in [6.07, 6.45) is 0. The fourth-order valence-electron chi connectivity index (χ4n) is 2.43. The minimum atomic E-state index is 0.00823. The molecule has 5 heteroatoms. The van der Waals surface area contributed by atoms with Gasteiger partial charge >= 0.3 is 0 Å². The number of hydrogen-bond acceptors (Lipinski definition) is 4. The molecule has 126 valence electrons. The Hall–Kier alpha value is -3.18. The molecule has 0 fully saturated rings. The average molecular weight is 332 g/mol. The van der Waals surface area contributed by atoms with Crippen molar-refractivity contribution >= 4 is 11.4 Å². The van der Waals surface area contributed by atoms with Gasteiger partial charge in [-0.1, -0.05) is 65.9 Å². The van der Waals surface area contributed by atoms with E-state index in [4.69, 9.17) is 0 Å². The van der Waals surface area contributed by atoms with Gasteiger partial charge in [0.25, 0.3) is 0 Å². The highest BCUT2D eigenvalue weighted by molar-refractivity contribution is 5.66. The summed E-state index contributed by atoms with van der Waals surface area (Å²) in [5, 5.41) is 19.2. The molecule has 0 aliphatic heterocycles. The summed E-state index contributed by atoms with van der Waals surface area (Å²) in [6.45, 7) is 0.410. The Bertz CT molecular complexity index is 789. The molecule has 2 N–H and O–H groups in total. The SMILES string of the molecule is OCCN(NN=Nc1ccccc1)c1ccc(-c2ccccc2)cc1. The number of rotatable bonds is 7. The van der Waals surface area contributed by atoms with Crippen LogP contribution < -0.4 is 10.5 Å². The first-order valence-electron chi connectivity index (χ1n) is 8.12. The maximum atomic E-state index is 9.29. The minimum absolute atomic E-state index is 0.00823. The van der Waals surface area contributed by atoms with Crippen molar-refractivity contribution < 1.29 is 5.11 Å². The van der Waals surface area contributed by atoms with Crippen LogP contribution in [0.15, 0.2) is 95.3 Å². The zero-order valence-electron chi connectivity index (χ0n) is 13.8. The highest BCUT2D eigenvalue weighted by Gasteiger charge is 2.05. The highest BCUT2D eigenvalue weighted by atomic mass is 16.3. The summed E-state index contributed by atoms with van der Waals surface area (Å²) in [5.74, 6) is 0. The van der Waals surface area contributed by atoms with E-state index < -0.39 is 0 Å². The molecule has 3 aromatic rings. The smallest absolute Gasteiger partial charge is 0.0874 e. The molecule has 0 radical (unpaired) electrons. The summed E-state index contributed by atoms with van der Waals surface area (Å²) in [5.41, 5.74) is 6.85. The molecule has 0 aliphatic rings. The summed E-state index contributed by atoms with van der Waals surface area (Å²) >= 11 is 0. The minimum Gasteiger partial charge on any atom is -0.394 e. The van der Waals surface area contributed by atoms with E-state index in [-0.39, 0.29) is 6.61 Å². The molecule has 25 heavy (non-hydrogen) atoms. The predicted octanol–water partition coefficient (Wildman–Crippen LogP) is 4.36. The van der Waals surface area contributed by atoms with Crippen LogP contribution in [0, 0.1) is 0 Å². The molecule has 3 rings (SSSR count). The fourth-order valence-corrected chi connectivity index (χ4v) is 2.43. The quantitative estimate of drug-likeness (QED) is 0.499. The van der Waals surface area contributed by atoms with Crippen molar-refractivity contribution in [3.05, 3.63) is 84.9 Å². The molecule has 0 bridgehead atoms. The van der Waals surface area contributed by atoms with Crippen LogP contribution >= 0.6 is 0 Å². The monoisotopic (exact) mass is 332 g/mol. The van der Waals surface area contributed by atoms with Crippen LogP contribution in [0.25, 0.3) is 11.1 Å². The number of hydrogen-bond donors (Lipinski definition) is 2. The lowest BCUT2D eigenvalue weighted by atomic mass is 10.1. The Kier molecular flexibility index (Phi) is 5.74. The van der Waals surface area contributed by atoms with Gasteiger partial charge in [0.2, 0.25) is 0 Å². The predicted molar refractivity (Wildman–Crippen MR) is 100 cm³/mol. The molecule has 3 aromatic carbocycles. The van der Waals surface area contributed by atoms with Crippen LogP contribution in [-0.4, -0.2) is 18.3 Å². The van der Waals surface area contributed by atoms with Gasteiger partial charge in [-0.05, 0) is 35.4 Å². The van der Waals surface area contributed by atoms with E-state index in [2.05, 4.69) is 28.0 Å². The maximum Gasteiger partial charge on any atom is 0.0874 e. The van der Waals surface area contributed by atoms with Gasteiger partial charge in [-0.25, -0.2) is 0 Å². The van der Waals surface area contributed by atoms with Gasteiger partial charge in [0, 0.05) is 0 Å². The second-order valence-electron chi connectivity index (χ2n) is 5.42. The first kappa shape index (κ1) is 16.7. The molecule has 0 heterocycles. The summed E-state index contributed by atoms with van der Waals surface area (Å²) in [7, 11) is 0. The van der Waals surface area contributed by atoms with Gasteiger partial charge in [-0.2, -0.15) is 5.53 Å². The molecule has 0 saturated carbocycles. The van der Waals surface area contributed by atoms with Gasteiger partial charge in [-0.15, -0.1) is 5.11 Å². The van der Waals surface area contributed by atoms with Crippen LogP contribution in [0.1, 0.15) is 0 Å². The van der Waals surface area contributed by atoms with Crippen LogP contribution in [0.4, 0.5) is 11.4 Å². The van der Waals surface area contributed by atoms with Crippen LogP contribution in [0.3, 0.4) is 0 Å². The topological polar surface area (TPSA) is 60.2 Å². The zero-order chi connectivity index (χ0) is 17.3. The molecule has 0 atom stereocenters. The third-order valence-corrected chi connectivity index (χ3v) is 3.70. The Morgan fingerprint density at radius 3 is 2.00 bits per heavy atom. The number of anilines is 1. The number of nitrogens with zero attached hydrogens (tertiary/aromatic N) is 3. The largest absolute Gasteiger partial charge is 0.394 e. The van der Waals surface area contributed by atoms with E-state index in [0.29, 0.717) is 6.54 Å². The lowest BCUT2D eigenvalue weighted by molar-refractivity contribution is 0.296. The second-order valence-corrected chi connectivity index (χ2v) is 5.42. The number of hydrazine groups is 1. The number of aliphatic hydroxyl groups is 1. The van der Waals surface area contributed by atoms with E-state index in [1.165, 1.54) is 5.56 Å². The van der Waals surface area contributed by atoms with Crippen molar-refractivity contribution in [3.8, 4) is 11.1 Å². The van der Waals surface area contributed by atoms with Crippen molar-refractivity contribution in [1.82, 2.24) is 5.53 Å². The van der Waals surface area contributed by atoms with E-state index in [0.717, 1.165) is 16.9 Å². The second kappa shape index (κ2) is 8.61. The van der Waals surface area contributed by atoms with Gasteiger partial charge in [0.1, 0.15) is 0 Å². The van der Waals surface area contributed by atoms with Crippen LogP contribution in [0.5, 0.6) is 0 Å². The van der Waals surface area contributed by atoms with Crippen LogP contribution in [0.2, 0.25) is 0 Å². The highest BCUT2D eigenvalue weighted by Crippen LogP contribution is 2.22. The van der Waals surface area contributed by atoms with E-state index >= 15 is 0 Å². The van der Waals surface area contributed by atoms with Crippen molar-refractivity contribution in [2.45, 2.75) is 0 Å². The van der Waals surface area contributed by atoms with E-state index in [9.17, 15) is 5.11 Å². The standard InChI is InChI=1S/C20H20N4O/c25-16-15-24(23-22-21-19-9-5-2-6-10-19)20-13-11-18(12-14-20)17-7-3-1-4-8-17/h1-14,25H,15-16H2,(H,21,23). The lowest BCUT2D eigenvalue weighted by Crippen LogP contribution is -2.36. The molecule has 0 unspecified atom stereocenters. The summed E-state index contributed by atoms with van der Waals surface area (Å²) in [4.78, 5) is 0.